The van der Waals surface area contributed by atoms with Gasteiger partial charge in [0, 0.05) is 36.2 Å². The minimum atomic E-state index is -0.299. The van der Waals surface area contributed by atoms with Crippen molar-refractivity contribution in [2.24, 2.45) is 4.99 Å². The molecule has 7 heteroatoms. The van der Waals surface area contributed by atoms with Crippen LogP contribution in [0, 0.1) is 12.7 Å². The quantitative estimate of drug-likeness (QED) is 0.465. The van der Waals surface area contributed by atoms with Crippen LogP contribution < -0.4 is 15.4 Å². The van der Waals surface area contributed by atoms with Gasteiger partial charge in [0.25, 0.3) is 0 Å². The zero-order valence-corrected chi connectivity index (χ0v) is 16.6. The van der Waals surface area contributed by atoms with E-state index in [1.807, 2.05) is 0 Å². The molecule has 1 aliphatic rings. The summed E-state index contributed by atoms with van der Waals surface area (Å²) in [4.78, 5) is 5.50. The minimum absolute atomic E-state index is 0.184. The first-order valence-electron chi connectivity index (χ1n) is 8.70. The second-order valence-corrected chi connectivity index (χ2v) is 7.11. The first kappa shape index (κ1) is 19.5. The van der Waals surface area contributed by atoms with Crippen molar-refractivity contribution in [3.63, 3.8) is 0 Å². The molecule has 3 rings (SSSR count). The molecule has 1 heterocycles. The molecule has 0 fully saturated rings. The number of thioether (sulfide) groups is 1. The van der Waals surface area contributed by atoms with Crippen molar-refractivity contribution in [1.82, 2.24) is 10.6 Å². The highest BCUT2D eigenvalue weighted by molar-refractivity contribution is 7.98. The first-order valence-corrected chi connectivity index (χ1v) is 9.93. The van der Waals surface area contributed by atoms with E-state index in [2.05, 4.69) is 47.0 Å². The molecule has 2 N–H and O–H groups in total. The number of hydrogen-bond acceptors (Lipinski definition) is 4. The molecule has 0 unspecified atom stereocenters. The summed E-state index contributed by atoms with van der Waals surface area (Å²) in [6, 6.07) is 9.34. The van der Waals surface area contributed by atoms with E-state index in [4.69, 9.17) is 9.47 Å². The largest absolute Gasteiger partial charge is 0.467 e. The minimum Gasteiger partial charge on any atom is -0.467 e. The number of nitrogens with zero attached hydrogens (tertiary/aromatic N) is 1. The maximum absolute atomic E-state index is 13.9. The lowest BCUT2D eigenvalue weighted by Gasteiger charge is -2.21. The summed E-state index contributed by atoms with van der Waals surface area (Å²) in [6.07, 6.45) is 2.07. The molecule has 1 aliphatic heterocycles. The lowest BCUT2D eigenvalue weighted by atomic mass is 10.1. The maximum Gasteiger partial charge on any atom is 0.191 e. The number of aryl methyl sites for hydroxylation is 1. The van der Waals surface area contributed by atoms with Crippen molar-refractivity contribution in [3.05, 3.63) is 58.4 Å². The number of ether oxygens (including phenoxy) is 2. The highest BCUT2D eigenvalue weighted by atomic mass is 32.2. The third-order valence-electron chi connectivity index (χ3n) is 4.31. The predicted molar refractivity (Wildman–Crippen MR) is 107 cm³/mol. The fourth-order valence-corrected chi connectivity index (χ4v) is 3.67. The molecule has 5 nitrogen and oxygen atoms in total. The van der Waals surface area contributed by atoms with Crippen molar-refractivity contribution in [2.45, 2.75) is 31.5 Å². The van der Waals surface area contributed by atoms with Gasteiger partial charge in [0.15, 0.2) is 12.8 Å². The predicted octanol–water partition coefficient (Wildman–Crippen LogP) is 3.59. The standard InChI is InChI=1S/C20H24FN3O2S/c1-13-4-5-14(18(6-13)27-3)9-23-20(22-2)24-10-15-7-17(21)8-16-11-25-12-26-19(15)16/h4-8H,9-12H2,1-3H3,(H2,22,23,24). The van der Waals surface area contributed by atoms with Gasteiger partial charge in [-0.15, -0.1) is 11.8 Å². The smallest absolute Gasteiger partial charge is 0.191 e. The fourth-order valence-electron chi connectivity index (χ4n) is 2.96. The molecule has 0 saturated carbocycles. The summed E-state index contributed by atoms with van der Waals surface area (Å²) in [5, 5.41) is 6.54. The molecule has 0 bridgehead atoms. The van der Waals surface area contributed by atoms with Crippen LogP contribution in [0.25, 0.3) is 0 Å². The van der Waals surface area contributed by atoms with E-state index in [-0.39, 0.29) is 12.6 Å². The second kappa shape index (κ2) is 9.10. The number of benzene rings is 2. The number of fused-ring (bicyclic) bond motifs is 1. The average molecular weight is 389 g/mol. The molecular formula is C20H24FN3O2S. The lowest BCUT2D eigenvalue weighted by Crippen LogP contribution is -2.36. The topological polar surface area (TPSA) is 54.9 Å². The van der Waals surface area contributed by atoms with Gasteiger partial charge in [-0.25, -0.2) is 4.39 Å². The molecular weight excluding hydrogens is 365 g/mol. The summed E-state index contributed by atoms with van der Waals surface area (Å²) in [7, 11) is 1.71. The molecule has 0 amide bonds. The second-order valence-electron chi connectivity index (χ2n) is 6.26. The lowest BCUT2D eigenvalue weighted by molar-refractivity contribution is -0.0172. The maximum atomic E-state index is 13.9. The van der Waals surface area contributed by atoms with Crippen LogP contribution in [0.3, 0.4) is 0 Å². The molecule has 27 heavy (non-hydrogen) atoms. The molecule has 0 aromatic heterocycles. The molecule has 0 saturated heterocycles. The van der Waals surface area contributed by atoms with Gasteiger partial charge in [0.1, 0.15) is 11.6 Å². The van der Waals surface area contributed by atoms with Gasteiger partial charge in [-0.2, -0.15) is 0 Å². The van der Waals surface area contributed by atoms with Crippen molar-refractivity contribution < 1.29 is 13.9 Å². The van der Waals surface area contributed by atoms with Crippen LogP contribution in [0.1, 0.15) is 22.3 Å². The van der Waals surface area contributed by atoms with E-state index in [0.29, 0.717) is 31.4 Å². The van der Waals surface area contributed by atoms with Crippen molar-refractivity contribution >= 4 is 17.7 Å². The Kier molecular flexibility index (Phi) is 6.58. The number of hydrogen-bond donors (Lipinski definition) is 2. The van der Waals surface area contributed by atoms with Crippen LogP contribution in [0.5, 0.6) is 5.75 Å². The summed E-state index contributed by atoms with van der Waals surface area (Å²) in [5.41, 5.74) is 3.92. The zero-order valence-electron chi connectivity index (χ0n) is 15.8. The van der Waals surface area contributed by atoms with Crippen molar-refractivity contribution in [1.29, 1.82) is 0 Å². The summed E-state index contributed by atoms with van der Waals surface area (Å²) < 4.78 is 24.6. The van der Waals surface area contributed by atoms with Crippen molar-refractivity contribution in [3.8, 4) is 5.75 Å². The van der Waals surface area contributed by atoms with Gasteiger partial charge < -0.3 is 20.1 Å². The fraction of sp³-hybridized carbons (Fsp3) is 0.350. The average Bonchev–Trinajstić information content (AvgIpc) is 2.68. The van der Waals surface area contributed by atoms with Crippen molar-refractivity contribution in [2.75, 3.05) is 20.1 Å². The third-order valence-corrected chi connectivity index (χ3v) is 5.13. The van der Waals surface area contributed by atoms with E-state index in [1.54, 1.807) is 18.8 Å². The van der Waals surface area contributed by atoms with Crippen LogP contribution in [0.2, 0.25) is 0 Å². The Bertz CT molecular complexity index is 842. The Hall–Kier alpha value is -2.25. The van der Waals surface area contributed by atoms with Gasteiger partial charge in [0.05, 0.1) is 6.61 Å². The Morgan fingerprint density at radius 3 is 2.70 bits per heavy atom. The van der Waals surface area contributed by atoms with E-state index < -0.39 is 0 Å². The van der Waals surface area contributed by atoms with Crippen LogP contribution in [0.4, 0.5) is 4.39 Å². The van der Waals surface area contributed by atoms with Crippen LogP contribution in [0.15, 0.2) is 40.2 Å². The third kappa shape index (κ3) is 4.93. The highest BCUT2D eigenvalue weighted by Gasteiger charge is 2.17. The van der Waals surface area contributed by atoms with Crippen LogP contribution >= 0.6 is 11.8 Å². The number of guanidine groups is 1. The molecule has 2 aromatic rings. The highest BCUT2D eigenvalue weighted by Crippen LogP contribution is 2.29. The molecule has 2 aromatic carbocycles. The normalized spacial score (nSPS) is 13.7. The van der Waals surface area contributed by atoms with Gasteiger partial charge >= 0.3 is 0 Å². The summed E-state index contributed by atoms with van der Waals surface area (Å²) >= 11 is 1.73. The zero-order chi connectivity index (χ0) is 19.2. The Labute approximate surface area is 163 Å². The number of aliphatic imine (C=N–C) groups is 1. The van der Waals surface area contributed by atoms with Gasteiger partial charge in [-0.05, 0) is 42.5 Å². The Morgan fingerprint density at radius 1 is 1.19 bits per heavy atom. The number of rotatable bonds is 5. The number of halogens is 1. The molecule has 0 spiro atoms. The van der Waals surface area contributed by atoms with Gasteiger partial charge in [0.2, 0.25) is 0 Å². The summed E-state index contributed by atoms with van der Waals surface area (Å²) in [5.74, 6) is 1.04. The monoisotopic (exact) mass is 389 g/mol. The van der Waals surface area contributed by atoms with Gasteiger partial charge in [-0.3, -0.25) is 4.99 Å². The van der Waals surface area contributed by atoms with Gasteiger partial charge in [-0.1, -0.05) is 12.1 Å². The van der Waals surface area contributed by atoms with E-state index in [1.165, 1.54) is 28.2 Å². The first-order chi connectivity index (χ1) is 13.1. The SMILES string of the molecule is CN=C(NCc1ccc(C)cc1SC)NCc1cc(F)cc2c1OCOC2. The van der Waals surface area contributed by atoms with Crippen LogP contribution in [-0.2, 0) is 24.4 Å². The van der Waals surface area contributed by atoms with E-state index in [0.717, 1.165) is 11.1 Å². The Balaban J connectivity index is 1.64. The Morgan fingerprint density at radius 2 is 1.96 bits per heavy atom. The molecule has 0 radical (unpaired) electrons. The number of nitrogens with one attached hydrogen (secondary N) is 2. The molecule has 0 atom stereocenters. The molecule has 144 valence electrons. The van der Waals surface area contributed by atoms with Crippen LogP contribution in [-0.4, -0.2) is 26.1 Å². The van der Waals surface area contributed by atoms with E-state index >= 15 is 0 Å². The summed E-state index contributed by atoms with van der Waals surface area (Å²) in [6.45, 7) is 3.69. The molecule has 0 aliphatic carbocycles. The van der Waals surface area contributed by atoms with E-state index in [9.17, 15) is 4.39 Å².